The number of likely N-dealkylation sites (tertiary alicyclic amines) is 1. The second kappa shape index (κ2) is 12.8. The molecule has 2 aliphatic carbocycles. The first kappa shape index (κ1) is 28.9. The molecule has 206 valence electrons. The number of benzene rings is 1. The van der Waals surface area contributed by atoms with Crippen LogP contribution in [-0.4, -0.2) is 29.2 Å². The van der Waals surface area contributed by atoms with E-state index in [2.05, 4.69) is 68.7 Å². The van der Waals surface area contributed by atoms with E-state index in [-0.39, 0.29) is 17.4 Å². The summed E-state index contributed by atoms with van der Waals surface area (Å²) in [7, 11) is 0. The van der Waals surface area contributed by atoms with Crippen molar-refractivity contribution in [2.24, 2.45) is 17.3 Å². The largest absolute Gasteiger partial charge is 0.339 e. The van der Waals surface area contributed by atoms with Gasteiger partial charge in [-0.3, -0.25) is 9.59 Å². The quantitative estimate of drug-likeness (QED) is 0.312. The molecule has 4 atom stereocenters. The van der Waals surface area contributed by atoms with E-state index < -0.39 is 0 Å². The van der Waals surface area contributed by atoms with Crippen LogP contribution in [-0.2, 0) is 9.59 Å². The molecule has 4 rings (SSSR count). The Morgan fingerprint density at radius 1 is 1.16 bits per heavy atom. The molecule has 2 fully saturated rings. The minimum Gasteiger partial charge on any atom is -0.339 e. The Bertz CT molecular complexity index is 1060. The van der Waals surface area contributed by atoms with Crippen molar-refractivity contribution in [1.29, 1.82) is 0 Å². The zero-order valence-corrected chi connectivity index (χ0v) is 24.4. The van der Waals surface area contributed by atoms with Gasteiger partial charge in [0.15, 0.2) is 0 Å². The van der Waals surface area contributed by atoms with E-state index in [1.54, 1.807) is 0 Å². The minimum atomic E-state index is -0.180. The van der Waals surface area contributed by atoms with Crippen molar-refractivity contribution in [2.45, 2.75) is 103 Å². The number of Topliss-reactive ketones (excluding diaryl/α,β-unsaturated/α-hetero) is 1. The summed E-state index contributed by atoms with van der Waals surface area (Å²) in [6, 6.07) is 11.0. The maximum absolute atomic E-state index is 14.7. The summed E-state index contributed by atoms with van der Waals surface area (Å²) in [5, 5.41) is 0.523. The van der Waals surface area contributed by atoms with Crippen molar-refractivity contribution in [3.05, 3.63) is 70.8 Å². The summed E-state index contributed by atoms with van der Waals surface area (Å²) in [5.74, 6) is 1.51. The average molecular weight is 536 g/mol. The van der Waals surface area contributed by atoms with E-state index in [0.717, 1.165) is 64.3 Å². The molecule has 1 amide bonds. The van der Waals surface area contributed by atoms with Crippen molar-refractivity contribution >= 4 is 23.3 Å². The maximum atomic E-state index is 14.7. The second-order valence-corrected chi connectivity index (χ2v) is 12.4. The molecule has 3 unspecified atom stereocenters. The first-order valence-electron chi connectivity index (χ1n) is 14.9. The van der Waals surface area contributed by atoms with E-state index in [9.17, 15) is 9.59 Å². The number of carbonyl (C=O) groups is 2. The summed E-state index contributed by atoms with van der Waals surface area (Å²) >= 11 is 6.16. The molecule has 3 nitrogen and oxygen atoms in total. The van der Waals surface area contributed by atoms with Crippen LogP contribution in [0.5, 0.6) is 0 Å². The summed E-state index contributed by atoms with van der Waals surface area (Å²) in [6.45, 7) is 11.3. The van der Waals surface area contributed by atoms with Crippen molar-refractivity contribution < 1.29 is 9.59 Å². The fourth-order valence-corrected chi connectivity index (χ4v) is 7.98. The zero-order valence-electron chi connectivity index (χ0n) is 23.7. The molecular formula is C34H46ClNO2. The summed E-state index contributed by atoms with van der Waals surface area (Å²) < 4.78 is 0. The standard InChI is InChI=1S/C34H46ClNO2/c1-5-30(34(6-2)21-10-11-24(3)31(34)19-14-25(4)35)33(38)36-22-20-28(26-12-8-7-9-13-26)23-32(36)27-15-17-29(37)18-16-27/h7-9,12-14,19,27-28,30,32H,4-6,10-11,15-18,20-23H2,1-3H3/b19-14-/t28?,30?,32?,34-/m0/s1. The first-order valence-corrected chi connectivity index (χ1v) is 15.3. The number of piperidine rings is 1. The molecule has 0 N–H and O–H groups in total. The number of carbonyl (C=O) groups excluding carboxylic acids is 2. The van der Waals surface area contributed by atoms with Crippen LogP contribution in [0.2, 0.25) is 0 Å². The van der Waals surface area contributed by atoms with Crippen molar-refractivity contribution in [1.82, 2.24) is 4.90 Å². The summed E-state index contributed by atoms with van der Waals surface area (Å²) in [5.41, 5.74) is 3.88. The van der Waals surface area contributed by atoms with E-state index in [4.69, 9.17) is 11.6 Å². The minimum absolute atomic E-state index is 0.0630. The van der Waals surface area contributed by atoms with Crippen LogP contribution in [0.4, 0.5) is 0 Å². The molecule has 1 aromatic rings. The Kier molecular flexibility index (Phi) is 9.74. The molecule has 4 heteroatoms. The van der Waals surface area contributed by atoms with Gasteiger partial charge in [-0.05, 0) is 93.8 Å². The van der Waals surface area contributed by atoms with Crippen LogP contribution in [0.1, 0.15) is 103 Å². The van der Waals surface area contributed by atoms with Gasteiger partial charge in [-0.15, -0.1) is 0 Å². The number of hydrogen-bond acceptors (Lipinski definition) is 2. The van der Waals surface area contributed by atoms with Gasteiger partial charge in [0.2, 0.25) is 5.91 Å². The lowest BCUT2D eigenvalue weighted by molar-refractivity contribution is -0.146. The first-order chi connectivity index (χ1) is 18.3. The zero-order chi connectivity index (χ0) is 27.3. The highest BCUT2D eigenvalue weighted by Gasteiger charge is 2.48. The molecule has 0 radical (unpaired) electrons. The number of amides is 1. The van der Waals surface area contributed by atoms with Crippen molar-refractivity contribution in [3.8, 4) is 0 Å². The van der Waals surface area contributed by atoms with Crippen LogP contribution in [0.3, 0.4) is 0 Å². The average Bonchev–Trinajstić information content (AvgIpc) is 2.93. The van der Waals surface area contributed by atoms with Crippen LogP contribution < -0.4 is 0 Å². The molecule has 1 aliphatic heterocycles. The molecule has 1 aromatic carbocycles. The van der Waals surface area contributed by atoms with Gasteiger partial charge in [0.05, 0.1) is 0 Å². The predicted octanol–water partition coefficient (Wildman–Crippen LogP) is 8.75. The highest BCUT2D eigenvalue weighted by Crippen LogP contribution is 2.52. The second-order valence-electron chi connectivity index (χ2n) is 11.9. The van der Waals surface area contributed by atoms with Crippen molar-refractivity contribution in [3.63, 3.8) is 0 Å². The number of allylic oxidation sites excluding steroid dienone is 5. The molecule has 0 bridgehead atoms. The Labute approximate surface area is 235 Å². The lowest BCUT2D eigenvalue weighted by atomic mass is 9.59. The van der Waals surface area contributed by atoms with Crippen molar-refractivity contribution in [2.75, 3.05) is 6.54 Å². The smallest absolute Gasteiger partial charge is 0.226 e. The molecule has 3 aliphatic rings. The Morgan fingerprint density at radius 3 is 2.50 bits per heavy atom. The third-order valence-corrected chi connectivity index (χ3v) is 10.1. The number of hydrogen-bond donors (Lipinski definition) is 0. The molecule has 1 heterocycles. The van der Waals surface area contributed by atoms with Gasteiger partial charge >= 0.3 is 0 Å². The summed E-state index contributed by atoms with van der Waals surface area (Å²) in [4.78, 5) is 29.1. The fraction of sp³-hybridized carbons (Fsp3) is 0.588. The normalized spacial score (nSPS) is 28.1. The predicted molar refractivity (Wildman–Crippen MR) is 158 cm³/mol. The lowest BCUT2D eigenvalue weighted by Gasteiger charge is -2.50. The van der Waals surface area contributed by atoms with E-state index in [1.807, 2.05) is 6.08 Å². The highest BCUT2D eigenvalue weighted by atomic mass is 35.5. The van der Waals surface area contributed by atoms with Crippen LogP contribution >= 0.6 is 11.6 Å². The Balaban J connectivity index is 1.67. The maximum Gasteiger partial charge on any atom is 0.226 e. The van der Waals surface area contributed by atoms with Gasteiger partial charge in [0.1, 0.15) is 5.78 Å². The SMILES string of the molecule is C=C(Cl)/C=C\C1=C(C)CCC[C@@]1(CC)C(CC)C(=O)N1CCC(c2ccccc2)CC1C1CCC(=O)CC1. The molecule has 1 saturated heterocycles. The number of rotatable bonds is 8. The van der Waals surface area contributed by atoms with Gasteiger partial charge in [-0.2, -0.15) is 0 Å². The summed E-state index contributed by atoms with van der Waals surface area (Å²) in [6.07, 6.45) is 14.2. The third kappa shape index (κ3) is 6.03. The van der Waals surface area contributed by atoms with E-state index in [0.29, 0.717) is 41.4 Å². The van der Waals surface area contributed by atoms with Crippen LogP contribution in [0.25, 0.3) is 0 Å². The van der Waals surface area contributed by atoms with Gasteiger partial charge in [0, 0.05) is 41.8 Å². The number of nitrogens with zero attached hydrogens (tertiary/aromatic N) is 1. The topological polar surface area (TPSA) is 37.4 Å². The van der Waals surface area contributed by atoms with E-state index >= 15 is 0 Å². The highest BCUT2D eigenvalue weighted by molar-refractivity contribution is 6.30. The molecule has 0 aromatic heterocycles. The van der Waals surface area contributed by atoms with E-state index in [1.165, 1.54) is 16.7 Å². The van der Waals surface area contributed by atoms with Gasteiger partial charge in [-0.25, -0.2) is 0 Å². The molecule has 0 spiro atoms. The number of ketones is 1. The van der Waals surface area contributed by atoms with Crippen LogP contribution in [0.15, 0.2) is 65.2 Å². The number of halogens is 1. The molecule has 1 saturated carbocycles. The van der Waals surface area contributed by atoms with Gasteiger partial charge in [0.25, 0.3) is 0 Å². The van der Waals surface area contributed by atoms with Gasteiger partial charge in [-0.1, -0.05) is 74.0 Å². The Hall–Kier alpha value is -2.13. The fourth-order valence-electron chi connectivity index (χ4n) is 7.92. The lowest BCUT2D eigenvalue weighted by Crippen LogP contribution is -2.54. The van der Waals surface area contributed by atoms with Crippen LogP contribution in [0, 0.1) is 17.3 Å². The Morgan fingerprint density at radius 2 is 1.87 bits per heavy atom. The monoisotopic (exact) mass is 535 g/mol. The molecular weight excluding hydrogens is 490 g/mol. The third-order valence-electron chi connectivity index (χ3n) is 9.94. The molecule has 38 heavy (non-hydrogen) atoms. The van der Waals surface area contributed by atoms with Gasteiger partial charge < -0.3 is 4.90 Å².